The summed E-state index contributed by atoms with van der Waals surface area (Å²) in [4.78, 5) is 5.07. The molecule has 0 unspecified atom stereocenters. The van der Waals surface area contributed by atoms with Crippen molar-refractivity contribution in [3.63, 3.8) is 0 Å². The second kappa shape index (κ2) is 4.95. The normalized spacial score (nSPS) is 12.0. The third-order valence-electron chi connectivity index (χ3n) is 2.63. The largest absolute Gasteiger partial charge is 0.453 e. The summed E-state index contributed by atoms with van der Waals surface area (Å²) in [7, 11) is 0. The van der Waals surface area contributed by atoms with Gasteiger partial charge in [0.05, 0.1) is 11.6 Å². The predicted octanol–water partition coefficient (Wildman–Crippen LogP) is 2.52. The van der Waals surface area contributed by atoms with Gasteiger partial charge in [-0.3, -0.25) is 0 Å². The van der Waals surface area contributed by atoms with Crippen molar-refractivity contribution in [2.45, 2.75) is 19.6 Å². The number of rotatable bonds is 3. The fourth-order valence-corrected chi connectivity index (χ4v) is 2.46. The standard InChI is InChI=1S/C11H9F3N6S/c1-6-15-4-7(21-6)5-16-8-2-3-9-17-18-10(11(12,13)14)20(9)19-8/h2-4H,5H2,1H3,(H,16,19). The number of anilines is 1. The summed E-state index contributed by atoms with van der Waals surface area (Å²) in [5.74, 6) is -0.839. The number of alkyl halides is 3. The highest BCUT2D eigenvalue weighted by molar-refractivity contribution is 7.11. The van der Waals surface area contributed by atoms with E-state index in [4.69, 9.17) is 0 Å². The molecule has 3 aromatic rings. The van der Waals surface area contributed by atoms with Crippen LogP contribution in [-0.4, -0.2) is 24.8 Å². The molecule has 3 rings (SSSR count). The van der Waals surface area contributed by atoms with E-state index < -0.39 is 12.0 Å². The molecule has 0 aliphatic rings. The highest BCUT2D eigenvalue weighted by Gasteiger charge is 2.37. The second-order valence-electron chi connectivity index (χ2n) is 4.21. The molecule has 0 aliphatic carbocycles. The Morgan fingerprint density at radius 2 is 2.10 bits per heavy atom. The number of hydrogen-bond donors (Lipinski definition) is 1. The number of thiazole rings is 1. The van der Waals surface area contributed by atoms with Crippen LogP contribution in [0.5, 0.6) is 0 Å². The van der Waals surface area contributed by atoms with E-state index in [9.17, 15) is 13.2 Å². The first-order valence-corrected chi connectivity index (χ1v) is 6.70. The van der Waals surface area contributed by atoms with Crippen LogP contribution in [0.4, 0.5) is 19.0 Å². The van der Waals surface area contributed by atoms with Gasteiger partial charge in [0, 0.05) is 11.1 Å². The van der Waals surface area contributed by atoms with E-state index >= 15 is 0 Å². The lowest BCUT2D eigenvalue weighted by molar-refractivity contribution is -0.146. The summed E-state index contributed by atoms with van der Waals surface area (Å²) in [5.41, 5.74) is 0.0431. The lowest BCUT2D eigenvalue weighted by Gasteiger charge is -2.06. The van der Waals surface area contributed by atoms with Crippen LogP contribution < -0.4 is 5.32 Å². The van der Waals surface area contributed by atoms with Crippen LogP contribution >= 0.6 is 11.3 Å². The average Bonchev–Trinajstić information content (AvgIpc) is 3.01. The van der Waals surface area contributed by atoms with E-state index in [2.05, 4.69) is 25.6 Å². The van der Waals surface area contributed by atoms with Gasteiger partial charge >= 0.3 is 6.18 Å². The summed E-state index contributed by atoms with van der Waals surface area (Å²) < 4.78 is 38.9. The van der Waals surface area contributed by atoms with Crippen molar-refractivity contribution >= 4 is 22.8 Å². The molecule has 10 heteroatoms. The molecule has 0 atom stereocenters. The molecule has 3 heterocycles. The molecule has 0 fully saturated rings. The molecule has 6 nitrogen and oxygen atoms in total. The molecule has 0 aromatic carbocycles. The molecule has 0 bridgehead atoms. The first kappa shape index (κ1) is 13.7. The number of halogens is 3. The number of hydrogen-bond acceptors (Lipinski definition) is 6. The van der Waals surface area contributed by atoms with Crippen molar-refractivity contribution in [3.8, 4) is 0 Å². The highest BCUT2D eigenvalue weighted by atomic mass is 32.1. The topological polar surface area (TPSA) is 68.0 Å². The zero-order valence-electron chi connectivity index (χ0n) is 10.7. The van der Waals surface area contributed by atoms with Crippen LogP contribution in [-0.2, 0) is 12.7 Å². The van der Waals surface area contributed by atoms with Gasteiger partial charge in [0.2, 0.25) is 0 Å². The van der Waals surface area contributed by atoms with Gasteiger partial charge in [-0.05, 0) is 19.1 Å². The summed E-state index contributed by atoms with van der Waals surface area (Å²) in [6.07, 6.45) is -2.88. The average molecular weight is 314 g/mol. The third kappa shape index (κ3) is 2.79. The van der Waals surface area contributed by atoms with Crippen LogP contribution in [0.15, 0.2) is 18.3 Å². The Morgan fingerprint density at radius 1 is 1.29 bits per heavy atom. The minimum atomic E-state index is -4.60. The molecule has 0 radical (unpaired) electrons. The minimum Gasteiger partial charge on any atom is -0.364 e. The maximum atomic E-state index is 12.7. The fourth-order valence-electron chi connectivity index (χ4n) is 1.72. The summed E-state index contributed by atoms with van der Waals surface area (Å²) in [6.45, 7) is 2.32. The Bertz CT molecular complexity index is 778. The van der Waals surface area contributed by atoms with Gasteiger partial charge in [-0.15, -0.1) is 26.6 Å². The monoisotopic (exact) mass is 314 g/mol. The Hall–Kier alpha value is -2.23. The second-order valence-corrected chi connectivity index (χ2v) is 5.53. The summed E-state index contributed by atoms with van der Waals surface area (Å²) in [6, 6.07) is 2.98. The number of aryl methyl sites for hydroxylation is 1. The van der Waals surface area contributed by atoms with E-state index in [-0.39, 0.29) is 5.65 Å². The van der Waals surface area contributed by atoms with Gasteiger partial charge in [-0.2, -0.15) is 17.7 Å². The highest BCUT2D eigenvalue weighted by Crippen LogP contribution is 2.27. The fraction of sp³-hybridized carbons (Fsp3) is 0.273. The molecule has 0 amide bonds. The molecule has 0 spiro atoms. The van der Waals surface area contributed by atoms with E-state index in [1.165, 1.54) is 17.4 Å². The maximum absolute atomic E-state index is 12.7. The van der Waals surface area contributed by atoms with Crippen LogP contribution in [0.25, 0.3) is 5.65 Å². The van der Waals surface area contributed by atoms with E-state index in [1.54, 1.807) is 12.3 Å². The minimum absolute atomic E-state index is 0.0431. The van der Waals surface area contributed by atoms with E-state index in [0.29, 0.717) is 16.9 Å². The lowest BCUT2D eigenvalue weighted by Crippen LogP contribution is -2.13. The number of nitrogens with zero attached hydrogens (tertiary/aromatic N) is 5. The zero-order chi connectivity index (χ0) is 15.0. The third-order valence-corrected chi connectivity index (χ3v) is 3.54. The first-order chi connectivity index (χ1) is 9.93. The van der Waals surface area contributed by atoms with Gasteiger partial charge in [0.1, 0.15) is 5.82 Å². The molecule has 1 N–H and O–H groups in total. The van der Waals surface area contributed by atoms with Crippen molar-refractivity contribution in [2.24, 2.45) is 0 Å². The first-order valence-electron chi connectivity index (χ1n) is 5.88. The maximum Gasteiger partial charge on any atom is 0.453 e. The molecular weight excluding hydrogens is 305 g/mol. The zero-order valence-corrected chi connectivity index (χ0v) is 11.5. The molecule has 0 saturated heterocycles. The Kier molecular flexibility index (Phi) is 3.24. The Balaban J connectivity index is 1.86. The number of aromatic nitrogens is 5. The predicted molar refractivity (Wildman–Crippen MR) is 70.0 cm³/mol. The van der Waals surface area contributed by atoms with Crippen LogP contribution in [0, 0.1) is 6.92 Å². The summed E-state index contributed by atoms with van der Waals surface area (Å²) >= 11 is 1.51. The van der Waals surface area contributed by atoms with E-state index in [0.717, 1.165) is 9.88 Å². The summed E-state index contributed by atoms with van der Waals surface area (Å²) in [5, 5.41) is 14.3. The van der Waals surface area contributed by atoms with E-state index in [1.807, 2.05) is 6.92 Å². The number of fused-ring (bicyclic) bond motifs is 1. The van der Waals surface area contributed by atoms with Crippen LogP contribution in [0.2, 0.25) is 0 Å². The Morgan fingerprint density at radius 3 is 2.76 bits per heavy atom. The van der Waals surface area contributed by atoms with Gasteiger partial charge in [0.15, 0.2) is 5.65 Å². The SMILES string of the molecule is Cc1ncc(CNc2ccc3nnc(C(F)(F)F)n3n2)s1. The Labute approximate surface area is 120 Å². The number of nitrogens with one attached hydrogen (secondary N) is 1. The molecular formula is C11H9F3N6S. The van der Waals surface area contributed by atoms with Crippen molar-refractivity contribution in [1.82, 2.24) is 24.8 Å². The quantitative estimate of drug-likeness (QED) is 0.804. The van der Waals surface area contributed by atoms with Gasteiger partial charge < -0.3 is 5.32 Å². The molecule has 110 valence electrons. The lowest BCUT2D eigenvalue weighted by atomic mass is 10.4. The smallest absolute Gasteiger partial charge is 0.364 e. The molecule has 0 saturated carbocycles. The van der Waals surface area contributed by atoms with Crippen molar-refractivity contribution in [3.05, 3.63) is 34.0 Å². The van der Waals surface area contributed by atoms with Crippen LogP contribution in [0.3, 0.4) is 0 Å². The molecule has 0 aliphatic heterocycles. The van der Waals surface area contributed by atoms with Crippen molar-refractivity contribution in [1.29, 1.82) is 0 Å². The van der Waals surface area contributed by atoms with Crippen LogP contribution in [0.1, 0.15) is 15.7 Å². The molecule has 21 heavy (non-hydrogen) atoms. The van der Waals surface area contributed by atoms with Crippen molar-refractivity contribution in [2.75, 3.05) is 5.32 Å². The van der Waals surface area contributed by atoms with Gasteiger partial charge in [0.25, 0.3) is 5.82 Å². The van der Waals surface area contributed by atoms with Gasteiger partial charge in [-0.1, -0.05) is 0 Å². The molecule has 3 aromatic heterocycles. The van der Waals surface area contributed by atoms with Crippen molar-refractivity contribution < 1.29 is 13.2 Å². The van der Waals surface area contributed by atoms with Gasteiger partial charge in [-0.25, -0.2) is 4.98 Å².